The summed E-state index contributed by atoms with van der Waals surface area (Å²) in [5.74, 6) is 0. The van der Waals surface area contributed by atoms with Crippen LogP contribution in [0.1, 0.15) is 29.2 Å². The number of rotatable bonds is 3. The van der Waals surface area contributed by atoms with E-state index in [1.807, 2.05) is 0 Å². The zero-order chi connectivity index (χ0) is 14.8. The molecular formula is C11H12ClF6NO. The van der Waals surface area contributed by atoms with Gasteiger partial charge in [-0.15, -0.1) is 12.4 Å². The van der Waals surface area contributed by atoms with Crippen LogP contribution in [0.15, 0.2) is 18.2 Å². The van der Waals surface area contributed by atoms with E-state index < -0.39 is 41.7 Å². The maximum absolute atomic E-state index is 12.7. The van der Waals surface area contributed by atoms with Crippen LogP contribution < -0.4 is 5.73 Å². The third-order valence-corrected chi connectivity index (χ3v) is 2.52. The summed E-state index contributed by atoms with van der Waals surface area (Å²) in [5.41, 5.74) is 2.29. The van der Waals surface area contributed by atoms with E-state index in [0.717, 1.165) is 0 Å². The van der Waals surface area contributed by atoms with Crippen LogP contribution in [0.4, 0.5) is 26.3 Å². The fourth-order valence-electron chi connectivity index (χ4n) is 1.60. The maximum Gasteiger partial charge on any atom is 0.416 e. The van der Waals surface area contributed by atoms with Crippen LogP contribution in [0.25, 0.3) is 0 Å². The SMILES string of the molecule is Cl.N[C@H](CCO)c1cc(C(F)(F)F)ccc1C(F)(F)F. The first-order valence-electron chi connectivity index (χ1n) is 5.22. The third-order valence-electron chi connectivity index (χ3n) is 2.52. The molecule has 0 unspecified atom stereocenters. The highest BCUT2D eigenvalue weighted by Gasteiger charge is 2.37. The lowest BCUT2D eigenvalue weighted by molar-refractivity contribution is -0.142. The van der Waals surface area contributed by atoms with Gasteiger partial charge in [0.2, 0.25) is 0 Å². The van der Waals surface area contributed by atoms with Gasteiger partial charge in [-0.25, -0.2) is 0 Å². The minimum Gasteiger partial charge on any atom is -0.396 e. The van der Waals surface area contributed by atoms with Crippen LogP contribution in [-0.4, -0.2) is 11.7 Å². The van der Waals surface area contributed by atoms with Crippen LogP contribution in [-0.2, 0) is 12.4 Å². The van der Waals surface area contributed by atoms with Gasteiger partial charge in [0.25, 0.3) is 0 Å². The van der Waals surface area contributed by atoms with Crippen molar-refractivity contribution in [2.24, 2.45) is 5.73 Å². The van der Waals surface area contributed by atoms with Crippen molar-refractivity contribution in [3.8, 4) is 0 Å². The van der Waals surface area contributed by atoms with E-state index >= 15 is 0 Å². The van der Waals surface area contributed by atoms with Crippen molar-refractivity contribution in [2.75, 3.05) is 6.61 Å². The van der Waals surface area contributed by atoms with Gasteiger partial charge in [-0.3, -0.25) is 0 Å². The number of hydrogen-bond acceptors (Lipinski definition) is 2. The minimum atomic E-state index is -4.80. The zero-order valence-corrected chi connectivity index (χ0v) is 10.7. The average Bonchev–Trinajstić information content (AvgIpc) is 2.26. The summed E-state index contributed by atoms with van der Waals surface area (Å²) < 4.78 is 75.5. The topological polar surface area (TPSA) is 46.2 Å². The van der Waals surface area contributed by atoms with Crippen molar-refractivity contribution in [1.29, 1.82) is 0 Å². The Bertz CT molecular complexity index is 446. The first-order chi connectivity index (χ1) is 8.57. The normalized spacial score (nSPS) is 13.8. The van der Waals surface area contributed by atoms with Gasteiger partial charge in [0.15, 0.2) is 0 Å². The molecule has 3 N–H and O–H groups in total. The summed E-state index contributed by atoms with van der Waals surface area (Å²) in [4.78, 5) is 0. The lowest BCUT2D eigenvalue weighted by Gasteiger charge is -2.19. The molecule has 0 aliphatic carbocycles. The van der Waals surface area contributed by atoms with Gasteiger partial charge in [0.1, 0.15) is 0 Å². The van der Waals surface area contributed by atoms with Crippen LogP contribution in [0.2, 0.25) is 0 Å². The second kappa shape index (κ2) is 6.64. The van der Waals surface area contributed by atoms with Crippen molar-refractivity contribution in [3.05, 3.63) is 34.9 Å². The molecule has 1 aromatic carbocycles. The summed E-state index contributed by atoms with van der Waals surface area (Å²) in [6.45, 7) is -0.519. The lowest BCUT2D eigenvalue weighted by atomic mass is 9.96. The Morgan fingerprint density at radius 1 is 1.05 bits per heavy atom. The number of aliphatic hydroxyl groups is 1. The number of hydrogen-bond donors (Lipinski definition) is 2. The summed E-state index contributed by atoms with van der Waals surface area (Å²) in [6, 6.07) is -0.222. The predicted molar refractivity (Wildman–Crippen MR) is 62.3 cm³/mol. The molecule has 1 rings (SSSR count). The van der Waals surface area contributed by atoms with Gasteiger partial charge in [-0.2, -0.15) is 26.3 Å². The smallest absolute Gasteiger partial charge is 0.396 e. The Balaban J connectivity index is 0.00000361. The number of nitrogens with two attached hydrogens (primary N) is 1. The van der Waals surface area contributed by atoms with Crippen LogP contribution in [0.5, 0.6) is 0 Å². The molecule has 9 heteroatoms. The molecule has 0 aliphatic rings. The molecule has 0 radical (unpaired) electrons. The standard InChI is InChI=1S/C11H11F6NO.ClH/c12-10(13,14)6-1-2-8(11(15,16)17)7(5-6)9(18)3-4-19;/h1-2,5,9,19H,3-4,18H2;1H/t9-;/m1./s1. The van der Waals surface area contributed by atoms with E-state index in [1.165, 1.54) is 0 Å². The fraction of sp³-hybridized carbons (Fsp3) is 0.455. The molecule has 0 amide bonds. The summed E-state index contributed by atoms with van der Waals surface area (Å²) >= 11 is 0. The molecule has 0 saturated carbocycles. The second-order valence-electron chi connectivity index (χ2n) is 3.92. The zero-order valence-electron chi connectivity index (χ0n) is 9.92. The van der Waals surface area contributed by atoms with Crippen LogP contribution in [0, 0.1) is 0 Å². The Labute approximate surface area is 117 Å². The highest BCUT2D eigenvalue weighted by molar-refractivity contribution is 5.85. The van der Waals surface area contributed by atoms with E-state index in [4.69, 9.17) is 10.8 Å². The highest BCUT2D eigenvalue weighted by Crippen LogP contribution is 2.38. The molecule has 20 heavy (non-hydrogen) atoms. The van der Waals surface area contributed by atoms with E-state index in [1.54, 1.807) is 0 Å². The molecule has 0 heterocycles. The van der Waals surface area contributed by atoms with Gasteiger partial charge >= 0.3 is 12.4 Å². The van der Waals surface area contributed by atoms with Crippen molar-refractivity contribution >= 4 is 12.4 Å². The number of aliphatic hydroxyl groups excluding tert-OH is 1. The lowest BCUT2D eigenvalue weighted by Crippen LogP contribution is -2.20. The van der Waals surface area contributed by atoms with Gasteiger partial charge in [-0.1, -0.05) is 0 Å². The Morgan fingerprint density at radius 2 is 1.60 bits per heavy atom. The second-order valence-corrected chi connectivity index (χ2v) is 3.92. The first-order valence-corrected chi connectivity index (χ1v) is 5.22. The van der Waals surface area contributed by atoms with Crippen LogP contribution in [0.3, 0.4) is 0 Å². The molecule has 1 atom stereocenters. The summed E-state index contributed by atoms with van der Waals surface area (Å²) in [6.07, 6.45) is -9.81. The third kappa shape index (κ3) is 4.53. The van der Waals surface area contributed by atoms with Gasteiger partial charge in [0, 0.05) is 12.6 Å². The predicted octanol–water partition coefficient (Wildman–Crippen LogP) is 3.53. The average molecular weight is 324 g/mol. The van der Waals surface area contributed by atoms with Gasteiger partial charge < -0.3 is 10.8 Å². The Kier molecular flexibility index (Phi) is 6.31. The van der Waals surface area contributed by atoms with Gasteiger partial charge in [-0.05, 0) is 30.2 Å². The largest absolute Gasteiger partial charge is 0.416 e. The number of benzene rings is 1. The molecule has 0 aromatic heterocycles. The molecule has 0 spiro atoms. The Morgan fingerprint density at radius 3 is 2.00 bits per heavy atom. The van der Waals surface area contributed by atoms with E-state index in [9.17, 15) is 26.3 Å². The van der Waals surface area contributed by atoms with Crippen molar-refractivity contribution in [3.63, 3.8) is 0 Å². The molecular weight excluding hydrogens is 312 g/mol. The monoisotopic (exact) mass is 323 g/mol. The summed E-state index contributed by atoms with van der Waals surface area (Å²) in [5, 5.41) is 8.64. The maximum atomic E-state index is 12.7. The molecule has 0 aliphatic heterocycles. The quantitative estimate of drug-likeness (QED) is 0.836. The molecule has 2 nitrogen and oxygen atoms in total. The summed E-state index contributed by atoms with van der Waals surface area (Å²) in [7, 11) is 0. The fourth-order valence-corrected chi connectivity index (χ4v) is 1.60. The minimum absolute atomic E-state index is 0. The van der Waals surface area contributed by atoms with Crippen molar-refractivity contribution in [1.82, 2.24) is 0 Å². The number of alkyl halides is 6. The molecule has 0 saturated heterocycles. The van der Waals surface area contributed by atoms with E-state index in [2.05, 4.69) is 0 Å². The van der Waals surface area contributed by atoms with Crippen molar-refractivity contribution < 1.29 is 31.4 Å². The van der Waals surface area contributed by atoms with E-state index in [0.29, 0.717) is 18.2 Å². The Hall–Kier alpha value is -0.990. The number of halogens is 7. The van der Waals surface area contributed by atoms with Crippen LogP contribution >= 0.6 is 12.4 Å². The van der Waals surface area contributed by atoms with Crippen molar-refractivity contribution in [2.45, 2.75) is 24.8 Å². The first kappa shape index (κ1) is 19.0. The molecule has 0 fully saturated rings. The van der Waals surface area contributed by atoms with Gasteiger partial charge in [0.05, 0.1) is 11.1 Å². The highest BCUT2D eigenvalue weighted by atomic mass is 35.5. The molecule has 116 valence electrons. The van der Waals surface area contributed by atoms with E-state index in [-0.39, 0.29) is 18.8 Å². The molecule has 1 aromatic rings. The molecule has 0 bridgehead atoms.